The van der Waals surface area contributed by atoms with E-state index in [1.54, 1.807) is 42.5 Å². The second-order valence-corrected chi connectivity index (χ2v) is 11.4. The van der Waals surface area contributed by atoms with Gasteiger partial charge in [-0.2, -0.15) is 0 Å². The lowest BCUT2D eigenvalue weighted by molar-refractivity contribution is -0.298. The van der Waals surface area contributed by atoms with E-state index in [9.17, 15) is 34.8 Å². The molecule has 2 amide bonds. The van der Waals surface area contributed by atoms with Crippen molar-refractivity contribution in [2.75, 3.05) is 39.7 Å². The lowest BCUT2D eigenvalue weighted by Gasteiger charge is -2.39. The summed E-state index contributed by atoms with van der Waals surface area (Å²) >= 11 is 0. The SMILES string of the molecule is O=C(OC1CC(C(=O)N2CCCC2C(=O)NCCO)=CC2OCOC21)c1ccc(C=CCOC2OC(CO)C(O)C(O)C2O)cc1. The average Bonchev–Trinajstić information content (AvgIpc) is 3.76. The normalized spacial score (nSPS) is 32.7. The zero-order chi connectivity index (χ0) is 32.8. The Hall–Kier alpha value is -3.25. The van der Waals surface area contributed by atoms with Crippen LogP contribution in [-0.2, 0) is 33.3 Å². The molecule has 1 aliphatic carbocycles. The van der Waals surface area contributed by atoms with Gasteiger partial charge in [0.05, 0.1) is 25.4 Å². The Balaban J connectivity index is 1.16. The van der Waals surface area contributed by atoms with Gasteiger partial charge in [-0.05, 0) is 36.6 Å². The highest BCUT2D eigenvalue weighted by atomic mass is 16.7. The molecular formula is C31H40N2O13. The van der Waals surface area contributed by atoms with Gasteiger partial charge in [-0.3, -0.25) is 9.59 Å². The van der Waals surface area contributed by atoms with Crippen molar-refractivity contribution in [2.24, 2.45) is 0 Å². The average molecular weight is 649 g/mol. The Labute approximate surface area is 264 Å². The van der Waals surface area contributed by atoms with Gasteiger partial charge in [-0.1, -0.05) is 24.3 Å². The first-order chi connectivity index (χ1) is 22.2. The highest BCUT2D eigenvalue weighted by Gasteiger charge is 2.45. The third-order valence-electron chi connectivity index (χ3n) is 8.42. The molecule has 0 aromatic heterocycles. The minimum Gasteiger partial charge on any atom is -0.456 e. The van der Waals surface area contributed by atoms with Crippen LogP contribution in [-0.4, -0.2) is 143 Å². The molecule has 252 valence electrons. The number of rotatable bonds is 11. The van der Waals surface area contributed by atoms with Gasteiger partial charge < -0.3 is 59.4 Å². The molecule has 0 saturated carbocycles. The monoisotopic (exact) mass is 648 g/mol. The lowest BCUT2D eigenvalue weighted by Crippen LogP contribution is -2.59. The Morgan fingerprint density at radius 2 is 1.83 bits per heavy atom. The first kappa shape index (κ1) is 34.1. The van der Waals surface area contributed by atoms with E-state index in [-0.39, 0.29) is 50.4 Å². The maximum atomic E-state index is 13.5. The van der Waals surface area contributed by atoms with E-state index in [4.69, 9.17) is 28.8 Å². The van der Waals surface area contributed by atoms with Gasteiger partial charge in [-0.15, -0.1) is 0 Å². The van der Waals surface area contributed by atoms with Crippen molar-refractivity contribution in [1.29, 1.82) is 0 Å². The van der Waals surface area contributed by atoms with Gasteiger partial charge in [0.1, 0.15) is 55.6 Å². The first-order valence-electron chi connectivity index (χ1n) is 15.2. The van der Waals surface area contributed by atoms with Crippen LogP contribution in [0.3, 0.4) is 0 Å². The maximum absolute atomic E-state index is 13.5. The second kappa shape index (κ2) is 15.6. The van der Waals surface area contributed by atoms with Crippen LogP contribution in [0.2, 0.25) is 0 Å². The molecule has 46 heavy (non-hydrogen) atoms. The number of esters is 1. The maximum Gasteiger partial charge on any atom is 0.338 e. The summed E-state index contributed by atoms with van der Waals surface area (Å²) in [5, 5.41) is 50.8. The molecule has 5 rings (SSSR count). The van der Waals surface area contributed by atoms with Gasteiger partial charge >= 0.3 is 5.97 Å². The number of nitrogens with one attached hydrogen (secondary N) is 1. The molecule has 15 heteroatoms. The molecule has 1 aromatic carbocycles. The lowest BCUT2D eigenvalue weighted by atomic mass is 9.91. The number of fused-ring (bicyclic) bond motifs is 1. The number of hydrogen-bond acceptors (Lipinski definition) is 13. The van der Waals surface area contributed by atoms with E-state index in [0.717, 1.165) is 5.56 Å². The van der Waals surface area contributed by atoms with E-state index in [1.165, 1.54) is 4.90 Å². The third kappa shape index (κ3) is 7.65. The molecule has 6 N–H and O–H groups in total. The second-order valence-electron chi connectivity index (χ2n) is 11.4. The van der Waals surface area contributed by atoms with Crippen molar-refractivity contribution in [2.45, 2.75) is 74.3 Å². The van der Waals surface area contributed by atoms with Crippen molar-refractivity contribution in [3.63, 3.8) is 0 Å². The summed E-state index contributed by atoms with van der Waals surface area (Å²) in [7, 11) is 0. The highest BCUT2D eigenvalue weighted by Crippen LogP contribution is 2.33. The molecule has 9 atom stereocenters. The molecule has 4 aliphatic rings. The standard InChI is InChI=1S/C31H40N2O13/c34-11-9-32-28(39)20-4-1-10-33(20)29(40)19-13-21-27(44-16-43-21)22(14-19)45-30(41)18-7-5-17(6-8-18)3-2-12-42-31-26(38)25(37)24(36)23(15-35)46-31/h2-3,5-8,13,20-27,31,34-38H,1,4,9-12,14-16H2,(H,32,39). The molecular weight excluding hydrogens is 608 g/mol. The van der Waals surface area contributed by atoms with Gasteiger partial charge in [0.15, 0.2) is 6.29 Å². The Bertz CT molecular complexity index is 1290. The molecule has 3 saturated heterocycles. The zero-order valence-electron chi connectivity index (χ0n) is 25.1. The van der Waals surface area contributed by atoms with Crippen LogP contribution in [0, 0.1) is 0 Å². The number of likely N-dealkylation sites (tertiary alicyclic amines) is 1. The van der Waals surface area contributed by atoms with Crippen LogP contribution in [0.25, 0.3) is 6.08 Å². The van der Waals surface area contributed by atoms with Crippen LogP contribution in [0.1, 0.15) is 35.2 Å². The largest absolute Gasteiger partial charge is 0.456 e. The molecule has 3 heterocycles. The molecule has 3 aliphatic heterocycles. The van der Waals surface area contributed by atoms with Crippen molar-refractivity contribution >= 4 is 23.9 Å². The Kier molecular flexibility index (Phi) is 11.5. The van der Waals surface area contributed by atoms with Crippen LogP contribution < -0.4 is 5.32 Å². The molecule has 0 spiro atoms. The predicted molar refractivity (Wildman–Crippen MR) is 157 cm³/mol. The number of nitrogens with zero attached hydrogens (tertiary/aromatic N) is 1. The minimum atomic E-state index is -1.53. The zero-order valence-corrected chi connectivity index (χ0v) is 25.1. The first-order valence-corrected chi connectivity index (χ1v) is 15.2. The Morgan fingerprint density at radius 3 is 2.57 bits per heavy atom. The van der Waals surface area contributed by atoms with Crippen molar-refractivity contribution in [3.05, 3.63) is 53.1 Å². The number of amides is 2. The van der Waals surface area contributed by atoms with E-state index < -0.39 is 67.6 Å². The van der Waals surface area contributed by atoms with Gasteiger partial charge in [0.2, 0.25) is 11.8 Å². The molecule has 0 radical (unpaired) electrons. The summed E-state index contributed by atoms with van der Waals surface area (Å²) in [5.74, 6) is -1.27. The summed E-state index contributed by atoms with van der Waals surface area (Å²) < 4.78 is 27.9. The van der Waals surface area contributed by atoms with E-state index in [1.807, 2.05) is 0 Å². The van der Waals surface area contributed by atoms with Gasteiger partial charge in [0, 0.05) is 25.1 Å². The van der Waals surface area contributed by atoms with Crippen LogP contribution in [0.5, 0.6) is 0 Å². The summed E-state index contributed by atoms with van der Waals surface area (Å²) in [4.78, 5) is 40.7. The number of hydrogen-bond donors (Lipinski definition) is 6. The summed E-state index contributed by atoms with van der Waals surface area (Å²) in [6, 6.07) is 5.88. The number of aliphatic hydroxyl groups excluding tert-OH is 5. The third-order valence-corrected chi connectivity index (χ3v) is 8.42. The van der Waals surface area contributed by atoms with Crippen molar-refractivity contribution in [3.8, 4) is 0 Å². The quantitative estimate of drug-likeness (QED) is 0.147. The number of carbonyl (C=O) groups is 3. The summed E-state index contributed by atoms with van der Waals surface area (Å²) in [6.07, 6.45) is -2.53. The van der Waals surface area contributed by atoms with Crippen LogP contribution >= 0.6 is 0 Å². The van der Waals surface area contributed by atoms with Gasteiger partial charge in [0.25, 0.3) is 0 Å². The molecule has 0 bridgehead atoms. The summed E-state index contributed by atoms with van der Waals surface area (Å²) in [6.45, 7) is -0.278. The fraction of sp³-hybridized carbons (Fsp3) is 0.581. The van der Waals surface area contributed by atoms with Crippen LogP contribution in [0.4, 0.5) is 0 Å². The van der Waals surface area contributed by atoms with Crippen molar-refractivity contribution in [1.82, 2.24) is 10.2 Å². The molecule has 15 nitrogen and oxygen atoms in total. The van der Waals surface area contributed by atoms with Gasteiger partial charge in [-0.25, -0.2) is 4.79 Å². The highest BCUT2D eigenvalue weighted by molar-refractivity contribution is 5.98. The number of aliphatic hydroxyl groups is 5. The van der Waals surface area contributed by atoms with Crippen molar-refractivity contribution < 1.29 is 63.6 Å². The smallest absolute Gasteiger partial charge is 0.338 e. The minimum absolute atomic E-state index is 0.0150. The molecule has 3 fully saturated rings. The Morgan fingerprint density at radius 1 is 1.04 bits per heavy atom. The summed E-state index contributed by atoms with van der Waals surface area (Å²) in [5.41, 5.74) is 1.36. The number of ether oxygens (including phenoxy) is 5. The van der Waals surface area contributed by atoms with Crippen LogP contribution in [0.15, 0.2) is 42.0 Å². The van der Waals surface area contributed by atoms with E-state index in [2.05, 4.69) is 5.32 Å². The predicted octanol–water partition coefficient (Wildman–Crippen LogP) is -1.79. The number of benzene rings is 1. The fourth-order valence-corrected chi connectivity index (χ4v) is 5.95. The van der Waals surface area contributed by atoms with E-state index >= 15 is 0 Å². The topological polar surface area (TPSA) is 214 Å². The molecule has 1 aromatic rings. The van der Waals surface area contributed by atoms with E-state index in [0.29, 0.717) is 25.0 Å². The fourth-order valence-electron chi connectivity index (χ4n) is 5.95. The molecule has 9 unspecified atom stereocenters. The number of carbonyl (C=O) groups excluding carboxylic acids is 3.